The van der Waals surface area contributed by atoms with Gasteiger partial charge in [-0.1, -0.05) is 84.9 Å². The minimum Gasteiger partial charge on any atom is -0.496 e. The molecule has 6 nitrogen and oxygen atoms in total. The number of hydrogen-bond acceptors (Lipinski definition) is 5. The van der Waals surface area contributed by atoms with Crippen molar-refractivity contribution in [1.82, 2.24) is 0 Å². The number of esters is 1. The Morgan fingerprint density at radius 1 is 0.707 bits per heavy atom. The first-order valence-corrected chi connectivity index (χ1v) is 13.4. The smallest absolute Gasteiger partial charge is 0.310 e. The summed E-state index contributed by atoms with van der Waals surface area (Å²) in [5.74, 6) is -4.18. The second-order valence-electron chi connectivity index (χ2n) is 10.4. The number of alkyl halides is 1. The van der Waals surface area contributed by atoms with E-state index in [2.05, 4.69) is 0 Å². The molecule has 1 N–H and O–H groups in total. The molecule has 1 saturated carbocycles. The standard InChI is InChI=1S/C34H29FO6/c1-39-26-17-9-5-13-22(26)28-30(32(36)37)29(23-14-6-10-18-27(23)40-2)31(28)33(38)41-19-34(35)24-15-7-3-11-20(24)21-12-4-8-16-25(21)34/h3-18,28-31H,19H2,1-2H3,(H,36,37). The Bertz CT molecular complexity index is 1530. The van der Waals surface area contributed by atoms with Gasteiger partial charge in [0.1, 0.15) is 18.1 Å². The van der Waals surface area contributed by atoms with Gasteiger partial charge in [-0.2, -0.15) is 0 Å². The average Bonchev–Trinajstić information content (AvgIpc) is 3.24. The number of halogens is 1. The predicted molar refractivity (Wildman–Crippen MR) is 151 cm³/mol. The van der Waals surface area contributed by atoms with Crippen molar-refractivity contribution in [3.63, 3.8) is 0 Å². The number of para-hydroxylation sites is 2. The van der Waals surface area contributed by atoms with Crippen molar-refractivity contribution in [3.05, 3.63) is 119 Å². The van der Waals surface area contributed by atoms with Gasteiger partial charge in [0.25, 0.3) is 0 Å². The molecular formula is C34H29FO6. The molecule has 0 aliphatic heterocycles. The monoisotopic (exact) mass is 552 g/mol. The van der Waals surface area contributed by atoms with E-state index in [-0.39, 0.29) is 0 Å². The Labute approximate surface area is 237 Å². The molecule has 4 aromatic rings. The normalized spacial score (nSPS) is 21.6. The van der Waals surface area contributed by atoms with Crippen LogP contribution in [0.2, 0.25) is 0 Å². The molecule has 2 aliphatic rings. The lowest BCUT2D eigenvalue weighted by Gasteiger charge is -2.49. The van der Waals surface area contributed by atoms with Crippen LogP contribution >= 0.6 is 0 Å². The minimum atomic E-state index is -2.04. The molecule has 2 unspecified atom stereocenters. The molecule has 1 fully saturated rings. The summed E-state index contributed by atoms with van der Waals surface area (Å²) in [7, 11) is 3.00. The van der Waals surface area contributed by atoms with Crippen molar-refractivity contribution in [1.29, 1.82) is 0 Å². The van der Waals surface area contributed by atoms with Gasteiger partial charge in [-0.05, 0) is 34.4 Å². The number of carbonyl (C=O) groups excluding carboxylic acids is 1. The molecule has 7 heteroatoms. The molecule has 208 valence electrons. The summed E-state index contributed by atoms with van der Waals surface area (Å²) in [6.45, 7) is -0.536. The van der Waals surface area contributed by atoms with Gasteiger partial charge >= 0.3 is 11.9 Å². The van der Waals surface area contributed by atoms with Gasteiger partial charge in [-0.25, -0.2) is 4.39 Å². The summed E-state index contributed by atoms with van der Waals surface area (Å²) in [6.07, 6.45) is 0. The molecule has 2 aliphatic carbocycles. The number of aliphatic carboxylic acids is 1. The molecule has 0 radical (unpaired) electrons. The predicted octanol–water partition coefficient (Wildman–Crippen LogP) is 6.34. The summed E-state index contributed by atoms with van der Waals surface area (Å²) < 4.78 is 33.9. The summed E-state index contributed by atoms with van der Waals surface area (Å²) in [4.78, 5) is 26.7. The van der Waals surface area contributed by atoms with Crippen LogP contribution in [0.4, 0.5) is 4.39 Å². The van der Waals surface area contributed by atoms with Crippen molar-refractivity contribution in [2.75, 3.05) is 20.8 Å². The molecule has 0 aromatic heterocycles. The second kappa shape index (κ2) is 10.4. The summed E-state index contributed by atoms with van der Waals surface area (Å²) in [5, 5.41) is 10.4. The molecule has 0 bridgehead atoms. The maximum atomic E-state index is 16.9. The molecule has 41 heavy (non-hydrogen) atoms. The number of hydrogen-bond donors (Lipinski definition) is 1. The van der Waals surface area contributed by atoms with Gasteiger partial charge in [0, 0.05) is 23.0 Å². The van der Waals surface area contributed by atoms with E-state index in [4.69, 9.17) is 14.2 Å². The zero-order valence-corrected chi connectivity index (χ0v) is 22.6. The lowest BCUT2D eigenvalue weighted by Crippen LogP contribution is -2.52. The topological polar surface area (TPSA) is 82.1 Å². The Balaban J connectivity index is 1.40. The second-order valence-corrected chi connectivity index (χ2v) is 10.4. The van der Waals surface area contributed by atoms with Crippen molar-refractivity contribution in [3.8, 4) is 22.6 Å². The summed E-state index contributed by atoms with van der Waals surface area (Å²) >= 11 is 0. The number of rotatable bonds is 8. The van der Waals surface area contributed by atoms with Crippen molar-refractivity contribution in [2.45, 2.75) is 17.5 Å². The highest BCUT2D eigenvalue weighted by molar-refractivity contribution is 5.86. The zero-order chi connectivity index (χ0) is 28.7. The van der Waals surface area contributed by atoms with Gasteiger partial charge < -0.3 is 19.3 Å². The Morgan fingerprint density at radius 2 is 1.15 bits per heavy atom. The summed E-state index contributed by atoms with van der Waals surface area (Å²) in [5.41, 5.74) is 1.52. The SMILES string of the molecule is COc1ccccc1C1C(C(=O)O)C(c2ccccc2OC)C1C(=O)OCC1(F)c2ccccc2-c2ccccc21. The first-order chi connectivity index (χ1) is 19.9. The van der Waals surface area contributed by atoms with Crippen LogP contribution < -0.4 is 9.47 Å². The molecule has 2 atom stereocenters. The largest absolute Gasteiger partial charge is 0.496 e. The van der Waals surface area contributed by atoms with Crippen LogP contribution in [-0.4, -0.2) is 37.9 Å². The third-order valence-electron chi connectivity index (χ3n) is 8.51. The molecule has 0 heterocycles. The number of benzene rings is 4. The highest BCUT2D eigenvalue weighted by atomic mass is 19.1. The highest BCUT2D eigenvalue weighted by Crippen LogP contribution is 2.61. The fraction of sp³-hybridized carbons (Fsp3) is 0.235. The van der Waals surface area contributed by atoms with Crippen molar-refractivity contribution >= 4 is 11.9 Å². The number of fused-ring (bicyclic) bond motifs is 3. The minimum absolute atomic E-state index is 0.438. The maximum Gasteiger partial charge on any atom is 0.310 e. The van der Waals surface area contributed by atoms with Crippen molar-refractivity contribution < 1.29 is 33.3 Å². The van der Waals surface area contributed by atoms with E-state index in [1.807, 2.05) is 24.3 Å². The highest BCUT2D eigenvalue weighted by Gasteiger charge is 2.61. The van der Waals surface area contributed by atoms with Crippen LogP contribution in [-0.2, 0) is 20.0 Å². The Hall–Kier alpha value is -4.65. The van der Waals surface area contributed by atoms with E-state index in [9.17, 15) is 14.7 Å². The Kier molecular flexibility index (Phi) is 6.73. The molecule has 0 spiro atoms. The number of carboxylic acid groups (broad SMARTS) is 1. The summed E-state index contributed by atoms with van der Waals surface area (Å²) in [6, 6.07) is 28.5. The van der Waals surface area contributed by atoms with E-state index in [1.54, 1.807) is 72.8 Å². The zero-order valence-electron chi connectivity index (χ0n) is 22.6. The van der Waals surface area contributed by atoms with Crippen LogP contribution in [0.1, 0.15) is 34.1 Å². The van der Waals surface area contributed by atoms with Gasteiger partial charge in [0.15, 0.2) is 5.67 Å². The number of methoxy groups -OCH3 is 2. The lowest BCUT2D eigenvalue weighted by molar-refractivity contribution is -0.166. The van der Waals surface area contributed by atoms with E-state index in [0.29, 0.717) is 33.8 Å². The van der Waals surface area contributed by atoms with E-state index in [1.165, 1.54) is 14.2 Å². The van der Waals surface area contributed by atoms with Gasteiger partial charge in [0.05, 0.1) is 26.1 Å². The fourth-order valence-corrected chi connectivity index (χ4v) is 6.70. The molecule has 4 aromatic carbocycles. The number of carbonyl (C=O) groups is 2. The number of ether oxygens (including phenoxy) is 3. The number of carboxylic acids is 1. The van der Waals surface area contributed by atoms with Gasteiger partial charge in [-0.3, -0.25) is 9.59 Å². The average molecular weight is 553 g/mol. The first-order valence-electron chi connectivity index (χ1n) is 13.4. The van der Waals surface area contributed by atoms with Crippen LogP contribution in [0.25, 0.3) is 11.1 Å². The Morgan fingerprint density at radius 3 is 1.61 bits per heavy atom. The van der Waals surface area contributed by atoms with E-state index in [0.717, 1.165) is 11.1 Å². The molecule has 0 amide bonds. The molecule has 0 saturated heterocycles. The van der Waals surface area contributed by atoms with Crippen LogP contribution in [0, 0.1) is 11.8 Å². The van der Waals surface area contributed by atoms with Crippen molar-refractivity contribution in [2.24, 2.45) is 11.8 Å². The van der Waals surface area contributed by atoms with Gasteiger partial charge in [0.2, 0.25) is 0 Å². The van der Waals surface area contributed by atoms with Crippen LogP contribution in [0.5, 0.6) is 11.5 Å². The van der Waals surface area contributed by atoms with Crippen LogP contribution in [0.3, 0.4) is 0 Å². The molecule has 6 rings (SSSR count). The maximum absolute atomic E-state index is 16.9. The van der Waals surface area contributed by atoms with E-state index < -0.39 is 47.9 Å². The third-order valence-corrected chi connectivity index (χ3v) is 8.51. The quantitative estimate of drug-likeness (QED) is 0.257. The molecular weight excluding hydrogens is 523 g/mol. The van der Waals surface area contributed by atoms with Gasteiger partial charge in [-0.15, -0.1) is 0 Å². The fourth-order valence-electron chi connectivity index (χ4n) is 6.70. The first kappa shape index (κ1) is 26.6. The lowest BCUT2D eigenvalue weighted by atomic mass is 9.52. The van der Waals surface area contributed by atoms with E-state index >= 15 is 4.39 Å². The third kappa shape index (κ3) is 4.15. The van der Waals surface area contributed by atoms with Crippen LogP contribution in [0.15, 0.2) is 97.1 Å².